The second-order valence-corrected chi connectivity index (χ2v) is 9.11. The van der Waals surface area contributed by atoms with Crippen molar-refractivity contribution >= 4 is 43.7 Å². The molecule has 1 amide bonds. The van der Waals surface area contributed by atoms with E-state index in [4.69, 9.17) is 4.74 Å². The smallest absolute Gasteiger partial charge is 0.273 e. The molecule has 0 aliphatic rings. The molecule has 142 valence electrons. The Hall–Kier alpha value is -2.43. The summed E-state index contributed by atoms with van der Waals surface area (Å²) >= 11 is 2.17. The number of thiazole rings is 1. The first-order chi connectivity index (χ1) is 13.0. The number of amides is 1. The van der Waals surface area contributed by atoms with Gasteiger partial charge in [-0.3, -0.25) is 9.52 Å². The van der Waals surface area contributed by atoms with Crippen molar-refractivity contribution < 1.29 is 17.9 Å². The number of para-hydroxylation sites is 1. The molecule has 0 atom stereocenters. The zero-order chi connectivity index (χ0) is 19.3. The molecule has 3 rings (SSSR count). The van der Waals surface area contributed by atoms with Crippen molar-refractivity contribution in [2.45, 2.75) is 10.6 Å². The van der Waals surface area contributed by atoms with Gasteiger partial charge in [0.1, 0.15) is 15.7 Å². The number of nitrogens with zero attached hydrogens (tertiary/aromatic N) is 1. The van der Waals surface area contributed by atoms with Gasteiger partial charge in [-0.25, -0.2) is 13.4 Å². The minimum absolute atomic E-state index is 0.151. The molecule has 0 aliphatic carbocycles. The van der Waals surface area contributed by atoms with Gasteiger partial charge in [0.25, 0.3) is 15.9 Å². The molecule has 2 heterocycles. The van der Waals surface area contributed by atoms with E-state index in [9.17, 15) is 13.2 Å². The number of ether oxygens (including phenoxy) is 1. The summed E-state index contributed by atoms with van der Waals surface area (Å²) in [5.41, 5.74) is 1.16. The van der Waals surface area contributed by atoms with Crippen molar-refractivity contribution in [1.82, 2.24) is 10.3 Å². The molecule has 27 heavy (non-hydrogen) atoms. The molecule has 1 aromatic carbocycles. The fourth-order valence-electron chi connectivity index (χ4n) is 2.32. The van der Waals surface area contributed by atoms with Gasteiger partial charge < -0.3 is 10.1 Å². The van der Waals surface area contributed by atoms with E-state index in [1.165, 1.54) is 11.4 Å². The fraction of sp³-hybridized carbons (Fsp3) is 0.176. The number of thiophene rings is 1. The standard InChI is InChI=1S/C17H17N3O4S3/c1-24-14-6-3-2-5-12(14)8-9-18-16(21)13-11-26-17(19-13)20-27(22,23)15-7-4-10-25-15/h2-7,10-11H,8-9H2,1H3,(H,18,21)(H,19,20). The Morgan fingerprint density at radius 2 is 2.00 bits per heavy atom. The summed E-state index contributed by atoms with van der Waals surface area (Å²) in [5.74, 6) is 0.411. The minimum atomic E-state index is -3.67. The summed E-state index contributed by atoms with van der Waals surface area (Å²) in [6, 6.07) is 10.8. The second kappa shape index (κ2) is 8.51. The Morgan fingerprint density at radius 3 is 2.74 bits per heavy atom. The van der Waals surface area contributed by atoms with Crippen molar-refractivity contribution in [3.05, 3.63) is 58.4 Å². The topological polar surface area (TPSA) is 97.4 Å². The van der Waals surface area contributed by atoms with Crippen molar-refractivity contribution in [1.29, 1.82) is 0 Å². The van der Waals surface area contributed by atoms with Gasteiger partial charge in [-0.05, 0) is 29.5 Å². The highest BCUT2D eigenvalue weighted by Gasteiger charge is 2.18. The largest absolute Gasteiger partial charge is 0.496 e. The molecule has 0 radical (unpaired) electrons. The van der Waals surface area contributed by atoms with Crippen LogP contribution in [-0.4, -0.2) is 33.0 Å². The highest BCUT2D eigenvalue weighted by Crippen LogP contribution is 2.23. The van der Waals surface area contributed by atoms with Gasteiger partial charge in [0.15, 0.2) is 5.13 Å². The van der Waals surface area contributed by atoms with Crippen molar-refractivity contribution in [3.63, 3.8) is 0 Å². The van der Waals surface area contributed by atoms with Crippen molar-refractivity contribution in [2.24, 2.45) is 0 Å². The zero-order valence-electron chi connectivity index (χ0n) is 14.3. The van der Waals surface area contributed by atoms with Gasteiger partial charge in [0, 0.05) is 11.9 Å². The van der Waals surface area contributed by atoms with E-state index < -0.39 is 10.0 Å². The highest BCUT2D eigenvalue weighted by atomic mass is 32.2. The van der Waals surface area contributed by atoms with Crippen LogP contribution in [0.4, 0.5) is 5.13 Å². The van der Waals surface area contributed by atoms with E-state index in [-0.39, 0.29) is 20.9 Å². The van der Waals surface area contributed by atoms with Gasteiger partial charge in [0.05, 0.1) is 7.11 Å². The Morgan fingerprint density at radius 1 is 1.19 bits per heavy atom. The number of nitrogens with one attached hydrogen (secondary N) is 2. The molecule has 0 bridgehead atoms. The summed E-state index contributed by atoms with van der Waals surface area (Å²) in [6.45, 7) is 0.410. The third-order valence-electron chi connectivity index (χ3n) is 3.59. The number of benzene rings is 1. The molecule has 3 aromatic rings. The number of sulfonamides is 1. The van der Waals surface area contributed by atoms with Crippen LogP contribution in [0.5, 0.6) is 5.75 Å². The lowest BCUT2D eigenvalue weighted by atomic mass is 10.1. The normalized spacial score (nSPS) is 11.1. The molecule has 0 fully saturated rings. The average molecular weight is 424 g/mol. The number of hydrogen-bond donors (Lipinski definition) is 2. The molecule has 0 saturated heterocycles. The number of carbonyl (C=O) groups excluding carboxylic acids is 1. The Balaban J connectivity index is 1.57. The summed E-state index contributed by atoms with van der Waals surface area (Å²) in [7, 11) is -2.07. The molecular weight excluding hydrogens is 406 g/mol. The van der Waals surface area contributed by atoms with Gasteiger partial charge in [-0.1, -0.05) is 24.3 Å². The van der Waals surface area contributed by atoms with Crippen molar-refractivity contribution in [2.75, 3.05) is 18.4 Å². The quantitative estimate of drug-likeness (QED) is 0.580. The van der Waals surface area contributed by atoms with E-state index >= 15 is 0 Å². The van der Waals surface area contributed by atoms with Gasteiger partial charge in [0.2, 0.25) is 0 Å². The fourth-order valence-corrected chi connectivity index (χ4v) is 5.25. The molecule has 0 saturated carbocycles. The number of methoxy groups -OCH3 is 1. The summed E-state index contributed by atoms with van der Waals surface area (Å²) < 4.78 is 32.2. The third-order valence-corrected chi connectivity index (χ3v) is 7.21. The van der Waals surface area contributed by atoms with Crippen LogP contribution in [0.15, 0.2) is 51.4 Å². The van der Waals surface area contributed by atoms with Crippen molar-refractivity contribution in [3.8, 4) is 5.75 Å². The lowest BCUT2D eigenvalue weighted by Gasteiger charge is -2.08. The Labute approximate surface area is 165 Å². The maximum atomic E-state index is 12.2. The number of hydrogen-bond acceptors (Lipinski definition) is 7. The van der Waals surface area contributed by atoms with E-state index in [2.05, 4.69) is 15.0 Å². The molecule has 10 heteroatoms. The van der Waals surface area contributed by atoms with Gasteiger partial charge in [-0.2, -0.15) is 0 Å². The number of anilines is 1. The molecule has 2 aromatic heterocycles. The molecule has 2 N–H and O–H groups in total. The second-order valence-electron chi connectivity index (χ2n) is 5.39. The Bertz CT molecular complexity index is 1010. The van der Waals surface area contributed by atoms with E-state index in [0.717, 1.165) is 34.0 Å². The SMILES string of the molecule is COc1ccccc1CCNC(=O)c1csc(NS(=O)(=O)c2cccs2)n1. The number of aromatic nitrogens is 1. The third kappa shape index (κ3) is 4.85. The monoisotopic (exact) mass is 423 g/mol. The summed E-state index contributed by atoms with van der Waals surface area (Å²) in [4.78, 5) is 16.3. The molecule has 7 nitrogen and oxygen atoms in total. The van der Waals surface area contributed by atoms with E-state index in [1.54, 1.807) is 18.6 Å². The zero-order valence-corrected chi connectivity index (χ0v) is 16.8. The summed E-state index contributed by atoms with van der Waals surface area (Å²) in [5, 5.41) is 6.12. The maximum absolute atomic E-state index is 12.2. The predicted octanol–water partition coefficient (Wildman–Crippen LogP) is 2.99. The lowest BCUT2D eigenvalue weighted by molar-refractivity contribution is 0.0950. The molecule has 0 spiro atoms. The van der Waals surface area contributed by atoms with E-state index in [0.29, 0.717) is 13.0 Å². The number of carbonyl (C=O) groups is 1. The first-order valence-electron chi connectivity index (χ1n) is 7.91. The Kier molecular flexibility index (Phi) is 6.09. The van der Waals surface area contributed by atoms with E-state index in [1.807, 2.05) is 24.3 Å². The highest BCUT2D eigenvalue weighted by molar-refractivity contribution is 7.94. The van der Waals surface area contributed by atoms with Crippen LogP contribution in [0.2, 0.25) is 0 Å². The van der Waals surface area contributed by atoms with Gasteiger partial charge in [-0.15, -0.1) is 22.7 Å². The van der Waals surface area contributed by atoms with Crippen LogP contribution in [0.25, 0.3) is 0 Å². The van der Waals surface area contributed by atoms with Crippen LogP contribution in [-0.2, 0) is 16.4 Å². The minimum Gasteiger partial charge on any atom is -0.496 e. The van der Waals surface area contributed by atoms with Crippen LogP contribution < -0.4 is 14.8 Å². The van der Waals surface area contributed by atoms with Crippen LogP contribution in [0.3, 0.4) is 0 Å². The molecule has 0 aliphatic heterocycles. The summed E-state index contributed by atoms with van der Waals surface area (Å²) in [6.07, 6.45) is 0.609. The maximum Gasteiger partial charge on any atom is 0.273 e. The first kappa shape index (κ1) is 19.3. The predicted molar refractivity (Wildman–Crippen MR) is 106 cm³/mol. The number of rotatable bonds is 8. The average Bonchev–Trinajstić information content (AvgIpc) is 3.34. The van der Waals surface area contributed by atoms with Gasteiger partial charge >= 0.3 is 0 Å². The molecule has 0 unspecified atom stereocenters. The molecular formula is C17H17N3O4S3. The first-order valence-corrected chi connectivity index (χ1v) is 11.2. The van der Waals surface area contributed by atoms with Crippen LogP contribution in [0.1, 0.15) is 16.1 Å². The lowest BCUT2D eigenvalue weighted by Crippen LogP contribution is -2.26. The van der Waals surface area contributed by atoms with Crippen LogP contribution in [0, 0.1) is 0 Å². The van der Waals surface area contributed by atoms with Crippen LogP contribution >= 0.6 is 22.7 Å².